The van der Waals surface area contributed by atoms with Gasteiger partial charge in [-0.25, -0.2) is 0 Å². The largest absolute Gasteiger partial charge is 0.480 e. The number of benzene rings is 1. The third-order valence-electron chi connectivity index (χ3n) is 3.07. The first-order valence-corrected chi connectivity index (χ1v) is 6.66. The Morgan fingerprint density at radius 1 is 1.28 bits per heavy atom. The second-order valence-electron chi connectivity index (χ2n) is 4.77. The van der Waals surface area contributed by atoms with E-state index in [2.05, 4.69) is 12.2 Å². The van der Waals surface area contributed by atoms with Crippen molar-refractivity contribution in [3.63, 3.8) is 0 Å². The molecule has 0 heterocycles. The van der Waals surface area contributed by atoms with E-state index in [9.17, 15) is 9.90 Å². The molecule has 1 aromatic rings. The summed E-state index contributed by atoms with van der Waals surface area (Å²) in [5, 5.41) is 12.4. The number of rotatable bonds is 8. The van der Waals surface area contributed by atoms with Crippen LogP contribution in [0.2, 0.25) is 0 Å². The molecule has 18 heavy (non-hydrogen) atoms. The Hall–Kier alpha value is -1.35. The quantitative estimate of drug-likeness (QED) is 0.745. The van der Waals surface area contributed by atoms with E-state index < -0.39 is 12.0 Å². The van der Waals surface area contributed by atoms with Gasteiger partial charge in [0.25, 0.3) is 0 Å². The van der Waals surface area contributed by atoms with Crippen LogP contribution in [0.5, 0.6) is 0 Å². The highest BCUT2D eigenvalue weighted by Gasteiger charge is 2.18. The minimum Gasteiger partial charge on any atom is -0.480 e. The van der Waals surface area contributed by atoms with Gasteiger partial charge in [0.2, 0.25) is 0 Å². The van der Waals surface area contributed by atoms with E-state index in [1.54, 1.807) is 0 Å². The predicted molar refractivity (Wildman–Crippen MR) is 73.7 cm³/mol. The third-order valence-corrected chi connectivity index (χ3v) is 3.07. The van der Waals surface area contributed by atoms with Gasteiger partial charge in [-0.2, -0.15) is 0 Å². The van der Waals surface area contributed by atoms with Crippen LogP contribution < -0.4 is 5.32 Å². The average Bonchev–Trinajstić information content (AvgIpc) is 2.35. The van der Waals surface area contributed by atoms with Crippen LogP contribution in [0.25, 0.3) is 0 Å². The molecule has 0 bridgehead atoms. The average molecular weight is 249 g/mol. The van der Waals surface area contributed by atoms with Crippen molar-refractivity contribution in [2.75, 3.05) is 0 Å². The zero-order chi connectivity index (χ0) is 13.4. The van der Waals surface area contributed by atoms with Gasteiger partial charge in [-0.3, -0.25) is 4.79 Å². The zero-order valence-electron chi connectivity index (χ0n) is 11.2. The Bertz CT molecular complexity index is 351. The highest BCUT2D eigenvalue weighted by Crippen LogP contribution is 2.07. The SMILES string of the molecule is CCCC(C)NC(CCc1ccccc1)C(=O)O. The Balaban J connectivity index is 2.46. The molecule has 0 spiro atoms. The summed E-state index contributed by atoms with van der Waals surface area (Å²) in [4.78, 5) is 11.2. The Kier molecular flexibility index (Phi) is 6.44. The Morgan fingerprint density at radius 3 is 2.50 bits per heavy atom. The first-order valence-electron chi connectivity index (χ1n) is 6.66. The molecule has 0 saturated carbocycles. The van der Waals surface area contributed by atoms with Gasteiger partial charge in [0, 0.05) is 6.04 Å². The van der Waals surface area contributed by atoms with Crippen molar-refractivity contribution in [1.82, 2.24) is 5.32 Å². The molecule has 2 N–H and O–H groups in total. The number of aryl methyl sites for hydroxylation is 1. The molecule has 3 nitrogen and oxygen atoms in total. The number of hydrogen-bond donors (Lipinski definition) is 2. The number of carbonyl (C=O) groups is 1. The maximum atomic E-state index is 11.2. The van der Waals surface area contributed by atoms with Crippen molar-refractivity contribution in [3.05, 3.63) is 35.9 Å². The molecule has 3 heteroatoms. The Labute approximate surface area is 109 Å². The number of nitrogens with one attached hydrogen (secondary N) is 1. The van der Waals surface area contributed by atoms with Gasteiger partial charge < -0.3 is 10.4 Å². The third kappa shape index (κ3) is 5.32. The number of carboxylic acids is 1. The van der Waals surface area contributed by atoms with E-state index in [-0.39, 0.29) is 6.04 Å². The molecule has 0 aliphatic heterocycles. The van der Waals surface area contributed by atoms with Crippen LogP contribution in [0.4, 0.5) is 0 Å². The molecule has 2 atom stereocenters. The molecule has 0 radical (unpaired) electrons. The van der Waals surface area contributed by atoms with E-state index in [0.29, 0.717) is 6.42 Å². The standard InChI is InChI=1S/C15H23NO2/c1-3-7-12(2)16-14(15(17)18)11-10-13-8-5-4-6-9-13/h4-6,8-9,12,14,16H,3,7,10-11H2,1-2H3,(H,17,18). The lowest BCUT2D eigenvalue weighted by molar-refractivity contribution is -0.139. The summed E-state index contributed by atoms with van der Waals surface area (Å²) in [7, 11) is 0. The van der Waals surface area contributed by atoms with Gasteiger partial charge in [-0.1, -0.05) is 43.7 Å². The number of hydrogen-bond acceptors (Lipinski definition) is 2. The summed E-state index contributed by atoms with van der Waals surface area (Å²) in [5.74, 6) is -0.756. The lowest BCUT2D eigenvalue weighted by Crippen LogP contribution is -2.42. The predicted octanol–water partition coefficient (Wildman–Crippen LogP) is 2.85. The molecule has 0 amide bonds. The van der Waals surface area contributed by atoms with E-state index in [4.69, 9.17) is 0 Å². The molecule has 100 valence electrons. The Morgan fingerprint density at radius 2 is 1.94 bits per heavy atom. The van der Waals surface area contributed by atoms with Crippen LogP contribution in [0.1, 0.15) is 38.7 Å². The van der Waals surface area contributed by atoms with Gasteiger partial charge in [0.05, 0.1) is 0 Å². The number of aliphatic carboxylic acids is 1. The van der Waals surface area contributed by atoms with Crippen molar-refractivity contribution < 1.29 is 9.90 Å². The second kappa shape index (κ2) is 7.88. The first kappa shape index (κ1) is 14.7. The fourth-order valence-corrected chi connectivity index (χ4v) is 2.09. The summed E-state index contributed by atoms with van der Waals surface area (Å²) in [6.07, 6.45) is 3.51. The molecule has 0 aliphatic carbocycles. The van der Waals surface area contributed by atoms with Crippen LogP contribution in [0.15, 0.2) is 30.3 Å². The topological polar surface area (TPSA) is 49.3 Å². The fourth-order valence-electron chi connectivity index (χ4n) is 2.09. The summed E-state index contributed by atoms with van der Waals surface area (Å²) in [5.41, 5.74) is 1.19. The smallest absolute Gasteiger partial charge is 0.320 e. The normalized spacial score (nSPS) is 14.1. The monoisotopic (exact) mass is 249 g/mol. The molecule has 0 aromatic heterocycles. The maximum Gasteiger partial charge on any atom is 0.320 e. The van der Waals surface area contributed by atoms with Crippen molar-refractivity contribution in [1.29, 1.82) is 0 Å². The maximum absolute atomic E-state index is 11.2. The fraction of sp³-hybridized carbons (Fsp3) is 0.533. The molecule has 0 saturated heterocycles. The molecular weight excluding hydrogens is 226 g/mol. The van der Waals surface area contributed by atoms with Crippen molar-refractivity contribution in [2.45, 2.75) is 51.6 Å². The molecule has 1 aromatic carbocycles. The number of carboxylic acid groups (broad SMARTS) is 1. The molecule has 0 fully saturated rings. The van der Waals surface area contributed by atoms with Crippen LogP contribution >= 0.6 is 0 Å². The zero-order valence-corrected chi connectivity index (χ0v) is 11.2. The lowest BCUT2D eigenvalue weighted by Gasteiger charge is -2.19. The molecule has 0 aliphatic rings. The van der Waals surface area contributed by atoms with E-state index in [0.717, 1.165) is 19.3 Å². The van der Waals surface area contributed by atoms with Crippen LogP contribution in [0.3, 0.4) is 0 Å². The molecule has 1 rings (SSSR count). The van der Waals surface area contributed by atoms with Gasteiger partial charge in [0.15, 0.2) is 0 Å². The molecular formula is C15H23NO2. The first-order chi connectivity index (χ1) is 8.63. The highest BCUT2D eigenvalue weighted by atomic mass is 16.4. The van der Waals surface area contributed by atoms with E-state index >= 15 is 0 Å². The minimum absolute atomic E-state index is 0.256. The summed E-state index contributed by atoms with van der Waals surface area (Å²) in [6, 6.07) is 9.82. The summed E-state index contributed by atoms with van der Waals surface area (Å²) >= 11 is 0. The van der Waals surface area contributed by atoms with Crippen molar-refractivity contribution in [2.24, 2.45) is 0 Å². The van der Waals surface area contributed by atoms with E-state index in [1.165, 1.54) is 5.56 Å². The van der Waals surface area contributed by atoms with Gasteiger partial charge in [-0.15, -0.1) is 0 Å². The lowest BCUT2D eigenvalue weighted by atomic mass is 10.0. The second-order valence-corrected chi connectivity index (χ2v) is 4.77. The highest BCUT2D eigenvalue weighted by molar-refractivity contribution is 5.73. The van der Waals surface area contributed by atoms with Crippen LogP contribution in [0, 0.1) is 0 Å². The molecule has 2 unspecified atom stereocenters. The van der Waals surface area contributed by atoms with Crippen molar-refractivity contribution >= 4 is 5.97 Å². The van der Waals surface area contributed by atoms with Crippen molar-refractivity contribution in [3.8, 4) is 0 Å². The van der Waals surface area contributed by atoms with Crippen LogP contribution in [-0.4, -0.2) is 23.2 Å². The van der Waals surface area contributed by atoms with Gasteiger partial charge in [0.1, 0.15) is 6.04 Å². The van der Waals surface area contributed by atoms with Crippen LogP contribution in [-0.2, 0) is 11.2 Å². The minimum atomic E-state index is -0.756. The van der Waals surface area contributed by atoms with Gasteiger partial charge in [-0.05, 0) is 31.7 Å². The van der Waals surface area contributed by atoms with E-state index in [1.807, 2.05) is 37.3 Å². The summed E-state index contributed by atoms with van der Waals surface area (Å²) < 4.78 is 0. The van der Waals surface area contributed by atoms with Gasteiger partial charge >= 0.3 is 5.97 Å². The summed E-state index contributed by atoms with van der Waals surface area (Å²) in [6.45, 7) is 4.15.